The van der Waals surface area contributed by atoms with Gasteiger partial charge in [0.1, 0.15) is 5.75 Å². The van der Waals surface area contributed by atoms with Crippen LogP contribution in [-0.2, 0) is 6.54 Å². The number of carbonyl (C=O) groups excluding carboxylic acids is 1. The van der Waals surface area contributed by atoms with Gasteiger partial charge in [0, 0.05) is 41.6 Å². The number of nitrogens with zero attached hydrogens (tertiary/aromatic N) is 3. The zero-order valence-electron chi connectivity index (χ0n) is 18.2. The summed E-state index contributed by atoms with van der Waals surface area (Å²) in [5.41, 5.74) is 2.80. The van der Waals surface area contributed by atoms with Crippen molar-refractivity contribution in [2.45, 2.75) is 25.9 Å². The summed E-state index contributed by atoms with van der Waals surface area (Å²) in [6, 6.07) is 14.5. The van der Waals surface area contributed by atoms with Crippen LogP contribution in [0.5, 0.6) is 5.75 Å². The van der Waals surface area contributed by atoms with E-state index in [9.17, 15) is 18.0 Å². The number of alkyl halides is 3. The molecule has 0 spiro atoms. The van der Waals surface area contributed by atoms with E-state index >= 15 is 0 Å². The van der Waals surface area contributed by atoms with Gasteiger partial charge in [-0.2, -0.15) is 0 Å². The SMILES string of the molecule is CC1CN(c2ccc(OC(F)(F)F)cc2)CN1Cc1ccncc1NC(=O)c1ccc(Cl)cc1. The molecule has 0 radical (unpaired) electrons. The molecular formula is C24H22ClF3N4O2. The first-order valence-electron chi connectivity index (χ1n) is 10.5. The van der Waals surface area contributed by atoms with Crippen LogP contribution >= 0.6 is 11.6 Å². The van der Waals surface area contributed by atoms with Gasteiger partial charge < -0.3 is 15.0 Å². The van der Waals surface area contributed by atoms with Crippen molar-refractivity contribution in [1.82, 2.24) is 9.88 Å². The predicted molar refractivity (Wildman–Crippen MR) is 124 cm³/mol. The Morgan fingerprint density at radius 2 is 1.85 bits per heavy atom. The summed E-state index contributed by atoms with van der Waals surface area (Å²) in [6.45, 7) is 3.92. The van der Waals surface area contributed by atoms with Crippen LogP contribution in [0.15, 0.2) is 67.0 Å². The van der Waals surface area contributed by atoms with Crippen molar-refractivity contribution in [2.75, 3.05) is 23.4 Å². The average Bonchev–Trinajstić information content (AvgIpc) is 3.15. The van der Waals surface area contributed by atoms with Gasteiger partial charge in [0.25, 0.3) is 5.91 Å². The Morgan fingerprint density at radius 1 is 1.15 bits per heavy atom. The monoisotopic (exact) mass is 490 g/mol. The summed E-state index contributed by atoms with van der Waals surface area (Å²) in [5.74, 6) is -0.513. The van der Waals surface area contributed by atoms with Crippen LogP contribution in [0.3, 0.4) is 0 Å². The Labute approximate surface area is 199 Å². The number of halogens is 4. The van der Waals surface area contributed by atoms with Crippen molar-refractivity contribution in [3.63, 3.8) is 0 Å². The number of benzene rings is 2. The lowest BCUT2D eigenvalue weighted by Gasteiger charge is -2.22. The van der Waals surface area contributed by atoms with E-state index in [2.05, 4.69) is 31.8 Å². The van der Waals surface area contributed by atoms with E-state index in [0.717, 1.165) is 11.3 Å². The van der Waals surface area contributed by atoms with Crippen molar-refractivity contribution >= 4 is 28.9 Å². The zero-order chi connectivity index (χ0) is 24.3. The molecule has 1 atom stereocenters. The smallest absolute Gasteiger partial charge is 0.406 e. The number of amides is 1. The largest absolute Gasteiger partial charge is 0.573 e. The van der Waals surface area contributed by atoms with Crippen molar-refractivity contribution in [3.05, 3.63) is 83.1 Å². The first-order chi connectivity index (χ1) is 16.2. The lowest BCUT2D eigenvalue weighted by Crippen LogP contribution is -2.29. The average molecular weight is 491 g/mol. The van der Waals surface area contributed by atoms with Crippen LogP contribution in [0.1, 0.15) is 22.8 Å². The van der Waals surface area contributed by atoms with Crippen LogP contribution < -0.4 is 15.0 Å². The van der Waals surface area contributed by atoms with Gasteiger partial charge >= 0.3 is 6.36 Å². The fourth-order valence-electron chi connectivity index (χ4n) is 3.79. The van der Waals surface area contributed by atoms with E-state index in [0.29, 0.717) is 36.0 Å². The van der Waals surface area contributed by atoms with E-state index in [1.807, 2.05) is 6.07 Å². The molecule has 0 saturated carbocycles. The summed E-state index contributed by atoms with van der Waals surface area (Å²) in [7, 11) is 0. The molecular weight excluding hydrogens is 469 g/mol. The maximum atomic E-state index is 12.6. The first kappa shape index (κ1) is 23.8. The maximum absolute atomic E-state index is 12.6. The third-order valence-electron chi connectivity index (χ3n) is 5.54. The van der Waals surface area contributed by atoms with E-state index in [-0.39, 0.29) is 17.7 Å². The molecule has 6 nitrogen and oxygen atoms in total. The van der Waals surface area contributed by atoms with Crippen molar-refractivity contribution in [3.8, 4) is 5.75 Å². The summed E-state index contributed by atoms with van der Waals surface area (Å²) >= 11 is 5.90. The van der Waals surface area contributed by atoms with Crippen molar-refractivity contribution < 1.29 is 22.7 Å². The van der Waals surface area contributed by atoms with Crippen molar-refractivity contribution in [1.29, 1.82) is 0 Å². The molecule has 2 aromatic carbocycles. The van der Waals surface area contributed by atoms with Gasteiger partial charge in [-0.25, -0.2) is 0 Å². The lowest BCUT2D eigenvalue weighted by atomic mass is 10.1. The second kappa shape index (κ2) is 9.90. The zero-order valence-corrected chi connectivity index (χ0v) is 19.0. The minimum Gasteiger partial charge on any atom is -0.406 e. The standard InChI is InChI=1S/C24H22ClF3N4O2/c1-16-13-32(20-6-8-21(9-7-20)34-24(26,27)28)15-31(16)14-18-10-11-29-12-22(18)30-23(33)17-2-4-19(25)5-3-17/h2-12,16H,13-15H2,1H3,(H,30,33). The van der Waals surface area contributed by atoms with Gasteiger partial charge in [0.05, 0.1) is 18.6 Å². The van der Waals surface area contributed by atoms with E-state index in [1.165, 1.54) is 12.1 Å². The number of rotatable bonds is 6. The third kappa shape index (κ3) is 5.98. The van der Waals surface area contributed by atoms with Crippen molar-refractivity contribution in [2.24, 2.45) is 0 Å². The number of nitrogens with one attached hydrogen (secondary N) is 1. The molecule has 0 aliphatic carbocycles. The molecule has 178 valence electrons. The molecule has 3 aromatic rings. The Kier molecular flexibility index (Phi) is 6.95. The fourth-order valence-corrected chi connectivity index (χ4v) is 3.92. The number of ether oxygens (including phenoxy) is 1. The Balaban J connectivity index is 1.42. The van der Waals surface area contributed by atoms with Gasteiger partial charge in [-0.05, 0) is 67.1 Å². The van der Waals surface area contributed by atoms with Crippen LogP contribution in [0, 0.1) is 0 Å². The summed E-state index contributed by atoms with van der Waals surface area (Å²) in [5, 5.41) is 3.46. The molecule has 1 aromatic heterocycles. The number of carbonyl (C=O) groups is 1. The Morgan fingerprint density at radius 3 is 2.53 bits per heavy atom. The molecule has 1 aliphatic heterocycles. The van der Waals surface area contributed by atoms with E-state index in [1.54, 1.807) is 48.8 Å². The normalized spacial score (nSPS) is 16.5. The summed E-state index contributed by atoms with van der Waals surface area (Å²) in [6.07, 6.45) is -1.43. The third-order valence-corrected chi connectivity index (χ3v) is 5.79. The highest BCUT2D eigenvalue weighted by Crippen LogP contribution is 2.29. The van der Waals surface area contributed by atoms with Crippen LogP contribution in [-0.4, -0.2) is 41.4 Å². The van der Waals surface area contributed by atoms with Crippen LogP contribution in [0.4, 0.5) is 24.5 Å². The van der Waals surface area contributed by atoms with Gasteiger partial charge in [0.15, 0.2) is 0 Å². The molecule has 4 rings (SSSR count). The predicted octanol–water partition coefficient (Wildman–Crippen LogP) is 5.55. The Bertz CT molecular complexity index is 1140. The highest BCUT2D eigenvalue weighted by atomic mass is 35.5. The highest BCUT2D eigenvalue weighted by molar-refractivity contribution is 6.30. The van der Waals surface area contributed by atoms with Crippen LogP contribution in [0.25, 0.3) is 0 Å². The molecule has 1 saturated heterocycles. The highest BCUT2D eigenvalue weighted by Gasteiger charge is 2.31. The second-order valence-electron chi connectivity index (χ2n) is 8.00. The number of hydrogen-bond donors (Lipinski definition) is 1. The molecule has 0 bridgehead atoms. The topological polar surface area (TPSA) is 57.7 Å². The molecule has 1 amide bonds. The van der Waals surface area contributed by atoms with Gasteiger partial charge in [0.2, 0.25) is 0 Å². The molecule has 34 heavy (non-hydrogen) atoms. The second-order valence-corrected chi connectivity index (χ2v) is 8.43. The van der Waals surface area contributed by atoms with Gasteiger partial charge in [-0.15, -0.1) is 13.2 Å². The molecule has 10 heteroatoms. The fraction of sp³-hybridized carbons (Fsp3) is 0.250. The molecule has 1 aliphatic rings. The quantitative estimate of drug-likeness (QED) is 0.490. The molecule has 1 fully saturated rings. The number of pyridine rings is 1. The number of aromatic nitrogens is 1. The lowest BCUT2D eigenvalue weighted by molar-refractivity contribution is -0.274. The summed E-state index contributed by atoms with van der Waals surface area (Å²) < 4.78 is 41.2. The number of anilines is 2. The summed E-state index contributed by atoms with van der Waals surface area (Å²) in [4.78, 5) is 21.1. The minimum absolute atomic E-state index is 0.180. The Hall–Kier alpha value is -3.30. The van der Waals surface area contributed by atoms with Gasteiger partial charge in [-0.1, -0.05) is 11.6 Å². The minimum atomic E-state index is -4.72. The number of hydrogen-bond acceptors (Lipinski definition) is 5. The maximum Gasteiger partial charge on any atom is 0.573 e. The van der Waals surface area contributed by atoms with Crippen LogP contribution in [0.2, 0.25) is 5.02 Å². The molecule has 1 unspecified atom stereocenters. The van der Waals surface area contributed by atoms with E-state index in [4.69, 9.17) is 11.6 Å². The molecule has 2 heterocycles. The first-order valence-corrected chi connectivity index (χ1v) is 10.9. The molecule has 1 N–H and O–H groups in total. The van der Waals surface area contributed by atoms with E-state index < -0.39 is 6.36 Å². The van der Waals surface area contributed by atoms with Gasteiger partial charge in [-0.3, -0.25) is 14.7 Å².